The van der Waals surface area contributed by atoms with Gasteiger partial charge in [0, 0.05) is 10.7 Å². The van der Waals surface area contributed by atoms with Crippen LogP contribution in [0.1, 0.15) is 15.9 Å². The van der Waals surface area contributed by atoms with E-state index >= 15 is 0 Å². The van der Waals surface area contributed by atoms with Crippen molar-refractivity contribution in [3.8, 4) is 11.5 Å². The first kappa shape index (κ1) is 15.3. The second-order valence-corrected chi connectivity index (χ2v) is 4.87. The van der Waals surface area contributed by atoms with Gasteiger partial charge >= 0.3 is 12.1 Å². The van der Waals surface area contributed by atoms with Gasteiger partial charge in [-0.15, -0.1) is 0 Å². The monoisotopic (exact) mass is 361 g/mol. The van der Waals surface area contributed by atoms with Gasteiger partial charge in [0.15, 0.2) is 0 Å². The van der Waals surface area contributed by atoms with Crippen LogP contribution in [0.2, 0.25) is 0 Å². The minimum atomic E-state index is -4.60. The second-order valence-electron chi connectivity index (χ2n) is 3.95. The van der Waals surface area contributed by atoms with Gasteiger partial charge < -0.3 is 9.84 Å². The van der Waals surface area contributed by atoms with Crippen LogP contribution < -0.4 is 4.74 Å². The Labute approximate surface area is 125 Å². The molecule has 0 aliphatic carbocycles. The van der Waals surface area contributed by atoms with Crippen molar-refractivity contribution >= 4 is 21.9 Å². The lowest BCUT2D eigenvalue weighted by atomic mass is 10.2. The van der Waals surface area contributed by atoms with E-state index in [4.69, 9.17) is 9.84 Å². The van der Waals surface area contributed by atoms with E-state index in [1.165, 1.54) is 6.07 Å². The lowest BCUT2D eigenvalue weighted by Crippen LogP contribution is -2.07. The normalized spacial score (nSPS) is 11.2. The van der Waals surface area contributed by atoms with Crippen molar-refractivity contribution < 1.29 is 27.8 Å². The fourth-order valence-corrected chi connectivity index (χ4v) is 1.89. The number of carbonyl (C=O) groups is 1. The molecule has 0 radical (unpaired) electrons. The molecule has 1 aromatic heterocycles. The third kappa shape index (κ3) is 3.72. The maximum atomic E-state index is 12.9. The molecule has 0 amide bonds. The van der Waals surface area contributed by atoms with E-state index in [9.17, 15) is 18.0 Å². The molecule has 21 heavy (non-hydrogen) atoms. The Balaban J connectivity index is 2.40. The van der Waals surface area contributed by atoms with Crippen molar-refractivity contribution in [1.29, 1.82) is 0 Å². The first-order valence-electron chi connectivity index (χ1n) is 5.50. The molecule has 0 fully saturated rings. The fraction of sp³-hybridized carbons (Fsp3) is 0.0769. The summed E-state index contributed by atoms with van der Waals surface area (Å²) in [6, 6.07) is 4.50. The summed E-state index contributed by atoms with van der Waals surface area (Å²) in [6.07, 6.45) is -2.40. The van der Waals surface area contributed by atoms with E-state index in [0.29, 0.717) is 0 Å². The highest BCUT2D eigenvalue weighted by Gasteiger charge is 2.34. The molecule has 4 nitrogen and oxygen atoms in total. The van der Waals surface area contributed by atoms with Crippen molar-refractivity contribution in [3.05, 3.63) is 52.3 Å². The van der Waals surface area contributed by atoms with Gasteiger partial charge in [-0.2, -0.15) is 13.2 Å². The van der Waals surface area contributed by atoms with Gasteiger partial charge in [0.2, 0.25) is 0 Å². The number of rotatable bonds is 3. The number of aromatic carboxylic acids is 1. The fourth-order valence-electron chi connectivity index (χ4n) is 1.53. The summed E-state index contributed by atoms with van der Waals surface area (Å²) in [7, 11) is 0. The molecule has 0 aliphatic heterocycles. The molecule has 110 valence electrons. The van der Waals surface area contributed by atoms with Crippen molar-refractivity contribution in [2.45, 2.75) is 6.18 Å². The van der Waals surface area contributed by atoms with E-state index in [2.05, 4.69) is 20.9 Å². The van der Waals surface area contributed by atoms with Crippen molar-refractivity contribution in [3.63, 3.8) is 0 Å². The summed E-state index contributed by atoms with van der Waals surface area (Å²) in [6.45, 7) is 0. The van der Waals surface area contributed by atoms with E-state index in [1.807, 2.05) is 0 Å². The summed E-state index contributed by atoms with van der Waals surface area (Å²) in [5.74, 6) is -1.78. The lowest BCUT2D eigenvalue weighted by Gasteiger charge is -2.14. The Kier molecular flexibility index (Phi) is 4.17. The van der Waals surface area contributed by atoms with Crippen molar-refractivity contribution in [2.24, 2.45) is 0 Å². The molecule has 0 aliphatic rings. The Morgan fingerprint density at radius 2 is 1.95 bits per heavy atom. The molecule has 0 spiro atoms. The third-order valence-electron chi connectivity index (χ3n) is 2.43. The maximum absolute atomic E-state index is 12.9. The van der Waals surface area contributed by atoms with Crippen LogP contribution in [0.25, 0.3) is 0 Å². The molecule has 0 saturated heterocycles. The zero-order valence-electron chi connectivity index (χ0n) is 10.2. The van der Waals surface area contributed by atoms with E-state index in [-0.39, 0.29) is 15.8 Å². The zero-order valence-corrected chi connectivity index (χ0v) is 11.8. The SMILES string of the molecule is O=C(O)c1cncc(Oc2ccc(Br)cc2C(F)(F)F)c1. The third-order valence-corrected chi connectivity index (χ3v) is 2.93. The number of hydrogen-bond acceptors (Lipinski definition) is 3. The van der Waals surface area contributed by atoms with Crippen LogP contribution >= 0.6 is 15.9 Å². The number of halogens is 4. The predicted octanol–water partition coefficient (Wildman–Crippen LogP) is 4.35. The van der Waals surface area contributed by atoms with E-state index in [1.54, 1.807) is 0 Å². The van der Waals surface area contributed by atoms with Gasteiger partial charge in [-0.25, -0.2) is 4.79 Å². The molecule has 2 rings (SSSR count). The molecule has 0 saturated carbocycles. The number of ether oxygens (including phenoxy) is 1. The largest absolute Gasteiger partial charge is 0.478 e. The van der Waals surface area contributed by atoms with Crippen molar-refractivity contribution in [1.82, 2.24) is 4.98 Å². The number of aromatic nitrogens is 1. The Bertz CT molecular complexity index is 689. The van der Waals surface area contributed by atoms with Gasteiger partial charge in [-0.1, -0.05) is 15.9 Å². The molecular formula is C13H7BrF3NO3. The summed E-state index contributed by atoms with van der Waals surface area (Å²) in [4.78, 5) is 14.4. The van der Waals surface area contributed by atoms with Crippen LogP contribution in [0.3, 0.4) is 0 Å². The smallest absolute Gasteiger partial charge is 0.420 e. The predicted molar refractivity (Wildman–Crippen MR) is 70.4 cm³/mol. The molecule has 0 bridgehead atoms. The summed E-state index contributed by atoms with van der Waals surface area (Å²) < 4.78 is 44.1. The molecule has 8 heteroatoms. The number of alkyl halides is 3. The highest BCUT2D eigenvalue weighted by Crippen LogP contribution is 2.39. The number of carboxylic acids is 1. The van der Waals surface area contributed by atoms with Crippen LogP contribution in [-0.2, 0) is 6.18 Å². The molecule has 0 unspecified atom stereocenters. The van der Waals surface area contributed by atoms with Gasteiger partial charge in [-0.3, -0.25) is 4.98 Å². The summed E-state index contributed by atoms with van der Waals surface area (Å²) in [5, 5.41) is 8.81. The second kappa shape index (κ2) is 5.72. The van der Waals surface area contributed by atoms with Gasteiger partial charge in [0.1, 0.15) is 11.5 Å². The first-order valence-corrected chi connectivity index (χ1v) is 6.29. The lowest BCUT2D eigenvalue weighted by molar-refractivity contribution is -0.138. The Morgan fingerprint density at radius 3 is 2.57 bits per heavy atom. The number of benzene rings is 1. The highest BCUT2D eigenvalue weighted by atomic mass is 79.9. The van der Waals surface area contributed by atoms with Crippen LogP contribution in [0.5, 0.6) is 11.5 Å². The van der Waals surface area contributed by atoms with Gasteiger partial charge in [0.25, 0.3) is 0 Å². The van der Waals surface area contributed by atoms with Crippen molar-refractivity contribution in [2.75, 3.05) is 0 Å². The maximum Gasteiger partial charge on any atom is 0.420 e. The van der Waals surface area contributed by atoms with Gasteiger partial charge in [0.05, 0.1) is 17.3 Å². The number of hydrogen-bond donors (Lipinski definition) is 1. The average Bonchev–Trinajstić information content (AvgIpc) is 2.40. The molecule has 1 heterocycles. The highest BCUT2D eigenvalue weighted by molar-refractivity contribution is 9.10. The minimum Gasteiger partial charge on any atom is -0.478 e. The Morgan fingerprint density at radius 1 is 1.24 bits per heavy atom. The van der Waals surface area contributed by atoms with Crippen LogP contribution in [0, 0.1) is 0 Å². The minimum absolute atomic E-state index is 0.0947. The Hall–Kier alpha value is -2.09. The van der Waals surface area contributed by atoms with Crippen LogP contribution in [-0.4, -0.2) is 16.1 Å². The quantitative estimate of drug-likeness (QED) is 0.882. The molecule has 1 N–H and O–H groups in total. The van der Waals surface area contributed by atoms with E-state index in [0.717, 1.165) is 30.6 Å². The summed E-state index contributed by atoms with van der Waals surface area (Å²) >= 11 is 2.96. The number of pyridine rings is 1. The number of nitrogens with zero attached hydrogens (tertiary/aromatic N) is 1. The van der Waals surface area contributed by atoms with Crippen LogP contribution in [0.15, 0.2) is 41.1 Å². The number of carboxylic acid groups (broad SMARTS) is 1. The molecule has 0 atom stereocenters. The van der Waals surface area contributed by atoms with Gasteiger partial charge in [-0.05, 0) is 24.3 Å². The van der Waals surface area contributed by atoms with E-state index < -0.39 is 23.5 Å². The molecule has 1 aromatic carbocycles. The first-order chi connectivity index (χ1) is 9.77. The molecular weight excluding hydrogens is 355 g/mol. The average molecular weight is 362 g/mol. The molecule has 2 aromatic rings. The standard InChI is InChI=1S/C13H7BrF3NO3/c14-8-1-2-11(10(4-8)13(15,16)17)21-9-3-7(12(19)20)5-18-6-9/h1-6H,(H,19,20). The van der Waals surface area contributed by atoms with Crippen LogP contribution in [0.4, 0.5) is 13.2 Å². The summed E-state index contributed by atoms with van der Waals surface area (Å²) in [5.41, 5.74) is -1.16. The zero-order chi connectivity index (χ0) is 15.6. The topological polar surface area (TPSA) is 59.4 Å².